The number of nitrogens with zero attached hydrogens (tertiary/aromatic N) is 1. The van der Waals surface area contributed by atoms with Crippen LogP contribution in [0.4, 0.5) is 0 Å². The Hall–Kier alpha value is -0.450. The Kier molecular flexibility index (Phi) is 3.38. The average Bonchev–Trinajstić information content (AvgIpc) is 2.87. The molecular weight excluding hydrogens is 210 g/mol. The number of aliphatic hydroxyl groups is 1. The second kappa shape index (κ2) is 4.60. The molecule has 0 radical (unpaired) electrons. The Labute approximate surface area is 94.1 Å². The molecule has 1 aromatic heterocycles. The molecular formula is C11H17NO2S. The van der Waals surface area contributed by atoms with Crippen molar-refractivity contribution in [3.05, 3.63) is 16.6 Å². The van der Waals surface area contributed by atoms with E-state index in [0.29, 0.717) is 6.42 Å². The summed E-state index contributed by atoms with van der Waals surface area (Å²) in [5, 5.41) is 10.2. The van der Waals surface area contributed by atoms with Crippen LogP contribution in [-0.2, 0) is 11.2 Å². The predicted molar refractivity (Wildman–Crippen MR) is 60.0 cm³/mol. The summed E-state index contributed by atoms with van der Waals surface area (Å²) in [5.74, 6) is 0. The maximum atomic E-state index is 10.2. The number of aromatic nitrogens is 1. The summed E-state index contributed by atoms with van der Waals surface area (Å²) < 4.78 is 5.54. The lowest BCUT2D eigenvalue weighted by molar-refractivity contribution is -0.0968. The molecule has 1 atom stereocenters. The summed E-state index contributed by atoms with van der Waals surface area (Å²) >= 11 is 1.59. The minimum Gasteiger partial charge on any atom is -0.390 e. The molecule has 0 aromatic carbocycles. The van der Waals surface area contributed by atoms with Crippen molar-refractivity contribution in [1.29, 1.82) is 0 Å². The van der Waals surface area contributed by atoms with Gasteiger partial charge >= 0.3 is 0 Å². The molecule has 1 aliphatic rings. The Morgan fingerprint density at radius 1 is 1.60 bits per heavy atom. The van der Waals surface area contributed by atoms with Gasteiger partial charge in [0.25, 0.3) is 0 Å². The van der Waals surface area contributed by atoms with Gasteiger partial charge in [-0.2, -0.15) is 0 Å². The Bertz CT molecular complexity index is 294. The van der Waals surface area contributed by atoms with Gasteiger partial charge in [0.2, 0.25) is 0 Å². The van der Waals surface area contributed by atoms with E-state index in [-0.39, 0.29) is 5.60 Å². The molecule has 4 heteroatoms. The van der Waals surface area contributed by atoms with E-state index in [1.165, 1.54) is 0 Å². The highest BCUT2D eigenvalue weighted by atomic mass is 32.1. The molecule has 1 heterocycles. The van der Waals surface area contributed by atoms with Crippen molar-refractivity contribution in [2.24, 2.45) is 0 Å². The first kappa shape index (κ1) is 11.0. The van der Waals surface area contributed by atoms with Gasteiger partial charge in [0.15, 0.2) is 0 Å². The van der Waals surface area contributed by atoms with E-state index in [4.69, 9.17) is 4.74 Å². The third-order valence-corrected chi connectivity index (χ3v) is 4.14. The predicted octanol–water partition coefficient (Wildman–Crippen LogP) is 2.01. The molecule has 2 rings (SSSR count). The van der Waals surface area contributed by atoms with Crippen LogP contribution in [0.2, 0.25) is 0 Å². The fourth-order valence-electron chi connectivity index (χ4n) is 2.37. The van der Waals surface area contributed by atoms with Crippen LogP contribution in [0.3, 0.4) is 0 Å². The van der Waals surface area contributed by atoms with Crippen LogP contribution >= 0.6 is 11.3 Å². The van der Waals surface area contributed by atoms with Crippen LogP contribution < -0.4 is 0 Å². The number of thiazole rings is 1. The van der Waals surface area contributed by atoms with Gasteiger partial charge in [-0.25, -0.2) is 0 Å². The second-order valence-corrected chi connectivity index (χ2v) is 5.13. The van der Waals surface area contributed by atoms with Crippen molar-refractivity contribution < 1.29 is 9.84 Å². The fourth-order valence-corrected chi connectivity index (χ4v) is 3.00. The molecule has 15 heavy (non-hydrogen) atoms. The number of ether oxygens (including phenoxy) is 1. The largest absolute Gasteiger partial charge is 0.390 e. The van der Waals surface area contributed by atoms with E-state index >= 15 is 0 Å². The zero-order valence-electron chi connectivity index (χ0n) is 8.98. The first-order chi connectivity index (χ1) is 7.27. The van der Waals surface area contributed by atoms with E-state index in [0.717, 1.165) is 30.6 Å². The Morgan fingerprint density at radius 2 is 2.33 bits per heavy atom. The molecule has 0 saturated heterocycles. The Morgan fingerprint density at radius 3 is 2.87 bits per heavy atom. The zero-order chi connectivity index (χ0) is 10.7. The number of aliphatic hydroxyl groups excluding tert-OH is 1. The van der Waals surface area contributed by atoms with E-state index < -0.39 is 6.10 Å². The maximum absolute atomic E-state index is 10.2. The molecule has 1 N–H and O–H groups in total. The quantitative estimate of drug-likeness (QED) is 0.855. The van der Waals surface area contributed by atoms with Crippen LogP contribution in [-0.4, -0.2) is 28.9 Å². The molecule has 1 saturated carbocycles. The lowest BCUT2D eigenvalue weighted by atomic mass is 9.92. The first-order valence-electron chi connectivity index (χ1n) is 5.37. The third-order valence-electron chi connectivity index (χ3n) is 3.34. The lowest BCUT2D eigenvalue weighted by Gasteiger charge is -2.32. The van der Waals surface area contributed by atoms with Crippen molar-refractivity contribution in [3.8, 4) is 0 Å². The number of hydrogen-bond donors (Lipinski definition) is 1. The van der Waals surface area contributed by atoms with Crippen LogP contribution in [0.5, 0.6) is 0 Å². The van der Waals surface area contributed by atoms with Crippen LogP contribution in [0.15, 0.2) is 11.7 Å². The first-order valence-corrected chi connectivity index (χ1v) is 6.25. The lowest BCUT2D eigenvalue weighted by Crippen LogP contribution is -2.42. The molecule has 0 amide bonds. The summed E-state index contributed by atoms with van der Waals surface area (Å²) in [4.78, 5) is 5.15. The second-order valence-electron chi connectivity index (χ2n) is 4.16. The van der Waals surface area contributed by atoms with Crippen molar-refractivity contribution in [1.82, 2.24) is 4.98 Å². The van der Waals surface area contributed by atoms with E-state index in [1.807, 2.05) is 6.20 Å². The van der Waals surface area contributed by atoms with Crippen molar-refractivity contribution >= 4 is 11.3 Å². The van der Waals surface area contributed by atoms with Gasteiger partial charge in [-0.05, 0) is 12.8 Å². The summed E-state index contributed by atoms with van der Waals surface area (Å²) in [6.45, 7) is 0. The van der Waals surface area contributed by atoms with E-state index in [1.54, 1.807) is 24.0 Å². The van der Waals surface area contributed by atoms with Crippen molar-refractivity contribution in [2.45, 2.75) is 43.8 Å². The summed E-state index contributed by atoms with van der Waals surface area (Å²) in [5.41, 5.74) is 1.50. The summed E-state index contributed by atoms with van der Waals surface area (Å²) in [6.07, 6.45) is 6.36. The highest BCUT2D eigenvalue weighted by molar-refractivity contribution is 7.09. The number of rotatable bonds is 4. The van der Waals surface area contributed by atoms with Gasteiger partial charge in [-0.3, -0.25) is 4.98 Å². The standard InChI is InChI=1S/C11H17NO2S/c1-14-11(4-2-3-5-11)10(13)6-9-7-12-8-15-9/h7-8,10,13H,2-6H2,1H3. The SMILES string of the molecule is COC1(C(O)Cc2cncs2)CCCC1. The van der Waals surface area contributed by atoms with Gasteiger partial charge < -0.3 is 9.84 Å². The van der Waals surface area contributed by atoms with E-state index in [2.05, 4.69) is 4.98 Å². The number of hydrogen-bond acceptors (Lipinski definition) is 4. The molecule has 1 unspecified atom stereocenters. The van der Waals surface area contributed by atoms with Crippen LogP contribution in [0, 0.1) is 0 Å². The summed E-state index contributed by atoms with van der Waals surface area (Å²) in [6, 6.07) is 0. The monoisotopic (exact) mass is 227 g/mol. The molecule has 0 spiro atoms. The minimum atomic E-state index is -0.398. The third kappa shape index (κ3) is 2.22. The molecule has 0 bridgehead atoms. The molecule has 1 aromatic rings. The molecule has 84 valence electrons. The zero-order valence-corrected chi connectivity index (χ0v) is 9.80. The van der Waals surface area contributed by atoms with Crippen molar-refractivity contribution in [3.63, 3.8) is 0 Å². The fraction of sp³-hybridized carbons (Fsp3) is 0.727. The highest BCUT2D eigenvalue weighted by Gasteiger charge is 2.40. The van der Waals surface area contributed by atoms with E-state index in [9.17, 15) is 5.11 Å². The highest BCUT2D eigenvalue weighted by Crippen LogP contribution is 2.36. The normalized spacial score (nSPS) is 21.7. The smallest absolute Gasteiger partial charge is 0.0939 e. The maximum Gasteiger partial charge on any atom is 0.0939 e. The van der Waals surface area contributed by atoms with Gasteiger partial charge in [0, 0.05) is 24.6 Å². The Balaban J connectivity index is 2.02. The molecule has 1 aliphatic carbocycles. The van der Waals surface area contributed by atoms with Gasteiger partial charge in [-0.1, -0.05) is 12.8 Å². The average molecular weight is 227 g/mol. The van der Waals surface area contributed by atoms with Gasteiger partial charge in [0.05, 0.1) is 17.2 Å². The van der Waals surface area contributed by atoms with Crippen LogP contribution in [0.1, 0.15) is 30.6 Å². The van der Waals surface area contributed by atoms with Crippen LogP contribution in [0.25, 0.3) is 0 Å². The van der Waals surface area contributed by atoms with Gasteiger partial charge in [-0.15, -0.1) is 11.3 Å². The molecule has 1 fully saturated rings. The molecule has 0 aliphatic heterocycles. The number of methoxy groups -OCH3 is 1. The molecule has 3 nitrogen and oxygen atoms in total. The minimum absolute atomic E-state index is 0.302. The summed E-state index contributed by atoms with van der Waals surface area (Å²) in [7, 11) is 1.71. The van der Waals surface area contributed by atoms with Gasteiger partial charge in [0.1, 0.15) is 0 Å². The topological polar surface area (TPSA) is 42.4 Å². The van der Waals surface area contributed by atoms with Crippen molar-refractivity contribution in [2.75, 3.05) is 7.11 Å².